The first-order valence-corrected chi connectivity index (χ1v) is 7.15. The van der Waals surface area contributed by atoms with Crippen LogP contribution in [0.25, 0.3) is 0 Å². The lowest BCUT2D eigenvalue weighted by Crippen LogP contribution is -2.20. The summed E-state index contributed by atoms with van der Waals surface area (Å²) in [6.45, 7) is 1.76. The van der Waals surface area contributed by atoms with Crippen LogP contribution in [0.3, 0.4) is 0 Å². The highest BCUT2D eigenvalue weighted by atomic mass is 19.1. The van der Waals surface area contributed by atoms with E-state index in [4.69, 9.17) is 0 Å². The molecule has 1 atom stereocenters. The Labute approximate surface area is 137 Å². The summed E-state index contributed by atoms with van der Waals surface area (Å²) in [4.78, 5) is 25.9. The van der Waals surface area contributed by atoms with E-state index in [2.05, 4.69) is 15.0 Å². The third-order valence-corrected chi connectivity index (χ3v) is 3.35. The van der Waals surface area contributed by atoms with Crippen LogP contribution in [0, 0.1) is 15.9 Å². The average Bonchev–Trinajstić information content (AvgIpc) is 2.56. The number of ether oxygens (including phenoxy) is 1. The molecule has 0 aliphatic carbocycles. The van der Waals surface area contributed by atoms with Gasteiger partial charge in [-0.15, -0.1) is 0 Å². The van der Waals surface area contributed by atoms with Crippen LogP contribution in [0.15, 0.2) is 36.5 Å². The predicted octanol–water partition coefficient (Wildman–Crippen LogP) is 2.96. The summed E-state index contributed by atoms with van der Waals surface area (Å²) >= 11 is 0. The standard InChI is InChI=1S/C16H16FN3O4/c1-10(7-11-5-3-4-6-13(11)17)19-15-14(20(22)23)8-12(9-18-15)16(21)24-2/h3-6,8-10H,7H2,1-2H3,(H,18,19). The van der Waals surface area contributed by atoms with Gasteiger partial charge in [0.2, 0.25) is 5.82 Å². The molecule has 0 radical (unpaired) electrons. The Hall–Kier alpha value is -3.03. The average molecular weight is 333 g/mol. The molecule has 0 saturated carbocycles. The molecule has 7 nitrogen and oxygen atoms in total. The highest BCUT2D eigenvalue weighted by Crippen LogP contribution is 2.24. The van der Waals surface area contributed by atoms with E-state index in [9.17, 15) is 19.3 Å². The van der Waals surface area contributed by atoms with E-state index in [0.717, 1.165) is 6.07 Å². The summed E-state index contributed by atoms with van der Waals surface area (Å²) < 4.78 is 18.2. The summed E-state index contributed by atoms with van der Waals surface area (Å²) in [5.74, 6) is -1.04. The molecule has 0 aliphatic heterocycles. The monoisotopic (exact) mass is 333 g/mol. The van der Waals surface area contributed by atoms with Gasteiger partial charge in [-0.1, -0.05) is 18.2 Å². The molecular formula is C16H16FN3O4. The largest absolute Gasteiger partial charge is 0.465 e. The molecule has 8 heteroatoms. The van der Waals surface area contributed by atoms with Crippen molar-refractivity contribution >= 4 is 17.5 Å². The molecule has 0 fully saturated rings. The smallest absolute Gasteiger partial charge is 0.339 e. The molecule has 0 spiro atoms. The molecule has 0 bridgehead atoms. The molecule has 1 aromatic heterocycles. The van der Waals surface area contributed by atoms with Crippen molar-refractivity contribution in [2.24, 2.45) is 0 Å². The van der Waals surface area contributed by atoms with Gasteiger partial charge in [0.05, 0.1) is 17.6 Å². The van der Waals surface area contributed by atoms with E-state index in [1.807, 2.05) is 0 Å². The number of nitro groups is 1. The minimum Gasteiger partial charge on any atom is -0.465 e. The number of nitrogens with one attached hydrogen (secondary N) is 1. The van der Waals surface area contributed by atoms with Crippen LogP contribution < -0.4 is 5.32 Å². The third-order valence-electron chi connectivity index (χ3n) is 3.35. The maximum absolute atomic E-state index is 13.7. The quantitative estimate of drug-likeness (QED) is 0.496. The second kappa shape index (κ2) is 7.49. The molecule has 0 saturated heterocycles. The zero-order valence-corrected chi connectivity index (χ0v) is 13.2. The number of aromatic nitrogens is 1. The Bertz CT molecular complexity index is 767. The Morgan fingerprint density at radius 3 is 2.79 bits per heavy atom. The number of methoxy groups -OCH3 is 1. The summed E-state index contributed by atoms with van der Waals surface area (Å²) in [6, 6.07) is 7.10. The van der Waals surface area contributed by atoms with Gasteiger partial charge in [0.15, 0.2) is 0 Å². The number of halogens is 1. The molecule has 2 rings (SSSR count). The first-order chi connectivity index (χ1) is 11.4. The number of anilines is 1. The minimum absolute atomic E-state index is 0.0106. The van der Waals surface area contributed by atoms with E-state index in [1.54, 1.807) is 25.1 Å². The van der Waals surface area contributed by atoms with E-state index < -0.39 is 10.9 Å². The summed E-state index contributed by atoms with van der Waals surface area (Å²) in [5.41, 5.74) is 0.126. The normalized spacial score (nSPS) is 11.6. The van der Waals surface area contributed by atoms with Crippen molar-refractivity contribution in [3.8, 4) is 0 Å². The van der Waals surface area contributed by atoms with Crippen molar-refractivity contribution < 1.29 is 18.8 Å². The molecular weight excluding hydrogens is 317 g/mol. The number of rotatable bonds is 6. The van der Waals surface area contributed by atoms with Gasteiger partial charge in [0.1, 0.15) is 5.82 Å². The zero-order valence-electron chi connectivity index (χ0n) is 13.2. The second-order valence-electron chi connectivity index (χ2n) is 5.18. The van der Waals surface area contributed by atoms with Crippen LogP contribution in [0.1, 0.15) is 22.8 Å². The fourth-order valence-corrected chi connectivity index (χ4v) is 2.21. The van der Waals surface area contributed by atoms with Gasteiger partial charge in [-0.2, -0.15) is 0 Å². The predicted molar refractivity (Wildman–Crippen MR) is 85.4 cm³/mol. The van der Waals surface area contributed by atoms with Crippen molar-refractivity contribution in [1.29, 1.82) is 0 Å². The van der Waals surface area contributed by atoms with Crippen molar-refractivity contribution in [2.45, 2.75) is 19.4 Å². The number of esters is 1. The summed E-state index contributed by atoms with van der Waals surface area (Å²) in [5, 5.41) is 14.1. The van der Waals surface area contributed by atoms with Crippen LogP contribution in [-0.4, -0.2) is 29.0 Å². The fourth-order valence-electron chi connectivity index (χ4n) is 2.21. The van der Waals surface area contributed by atoms with Crippen molar-refractivity contribution in [2.75, 3.05) is 12.4 Å². The van der Waals surface area contributed by atoms with Crippen LogP contribution in [0.2, 0.25) is 0 Å². The maximum Gasteiger partial charge on any atom is 0.339 e. The lowest BCUT2D eigenvalue weighted by Gasteiger charge is -2.15. The summed E-state index contributed by atoms with van der Waals surface area (Å²) in [7, 11) is 1.18. The van der Waals surface area contributed by atoms with E-state index in [1.165, 1.54) is 19.4 Å². The molecule has 1 aromatic carbocycles. The van der Waals surface area contributed by atoms with Gasteiger partial charge < -0.3 is 10.1 Å². The number of nitrogens with zero attached hydrogens (tertiary/aromatic N) is 2. The van der Waals surface area contributed by atoms with Crippen LogP contribution in [0.4, 0.5) is 15.9 Å². The molecule has 24 heavy (non-hydrogen) atoms. The summed E-state index contributed by atoms with van der Waals surface area (Å²) in [6.07, 6.45) is 1.52. The minimum atomic E-state index is -0.712. The first-order valence-electron chi connectivity index (χ1n) is 7.15. The van der Waals surface area contributed by atoms with Gasteiger partial charge in [-0.25, -0.2) is 14.2 Å². The van der Waals surface area contributed by atoms with E-state index in [0.29, 0.717) is 12.0 Å². The topological polar surface area (TPSA) is 94.4 Å². The SMILES string of the molecule is COC(=O)c1cnc(NC(C)Cc2ccccc2F)c([N+](=O)[O-])c1. The molecule has 126 valence electrons. The van der Waals surface area contributed by atoms with Gasteiger partial charge in [0, 0.05) is 18.3 Å². The number of benzene rings is 1. The Morgan fingerprint density at radius 2 is 2.17 bits per heavy atom. The van der Waals surface area contributed by atoms with Crippen LogP contribution in [0.5, 0.6) is 0 Å². The number of carbonyl (C=O) groups excluding carboxylic acids is 1. The van der Waals surface area contributed by atoms with Crippen LogP contribution in [-0.2, 0) is 11.2 Å². The van der Waals surface area contributed by atoms with Crippen molar-refractivity contribution in [3.63, 3.8) is 0 Å². The molecule has 1 N–H and O–H groups in total. The van der Waals surface area contributed by atoms with Gasteiger partial charge in [0.25, 0.3) is 0 Å². The van der Waals surface area contributed by atoms with E-state index in [-0.39, 0.29) is 28.9 Å². The molecule has 2 aromatic rings. The Kier molecular flexibility index (Phi) is 5.41. The molecule has 0 amide bonds. The van der Waals surface area contributed by atoms with Crippen molar-refractivity contribution in [1.82, 2.24) is 4.98 Å². The number of hydrogen-bond donors (Lipinski definition) is 1. The van der Waals surface area contributed by atoms with E-state index >= 15 is 0 Å². The number of pyridine rings is 1. The molecule has 1 unspecified atom stereocenters. The zero-order chi connectivity index (χ0) is 17.7. The fraction of sp³-hybridized carbons (Fsp3) is 0.250. The highest BCUT2D eigenvalue weighted by Gasteiger charge is 2.21. The van der Waals surface area contributed by atoms with Gasteiger partial charge >= 0.3 is 11.7 Å². The maximum atomic E-state index is 13.7. The number of carbonyl (C=O) groups is 1. The Morgan fingerprint density at radius 1 is 1.46 bits per heavy atom. The third kappa shape index (κ3) is 4.03. The molecule has 1 heterocycles. The second-order valence-corrected chi connectivity index (χ2v) is 5.18. The number of hydrogen-bond acceptors (Lipinski definition) is 6. The van der Waals surface area contributed by atoms with Crippen LogP contribution >= 0.6 is 0 Å². The Balaban J connectivity index is 2.20. The first kappa shape index (κ1) is 17.3. The van der Waals surface area contributed by atoms with Gasteiger partial charge in [-0.05, 0) is 25.0 Å². The van der Waals surface area contributed by atoms with Crippen molar-refractivity contribution in [3.05, 3.63) is 63.6 Å². The van der Waals surface area contributed by atoms with Gasteiger partial charge in [-0.3, -0.25) is 10.1 Å². The lowest BCUT2D eigenvalue weighted by atomic mass is 10.1. The lowest BCUT2D eigenvalue weighted by molar-refractivity contribution is -0.384. The molecule has 0 aliphatic rings. The highest BCUT2D eigenvalue weighted by molar-refractivity contribution is 5.90.